The number of pyridine rings is 1. The van der Waals surface area contributed by atoms with Gasteiger partial charge in [-0.25, -0.2) is 15.0 Å². The highest BCUT2D eigenvalue weighted by Gasteiger charge is 2.29. The molecule has 0 saturated carbocycles. The van der Waals surface area contributed by atoms with Gasteiger partial charge >= 0.3 is 0 Å². The summed E-state index contributed by atoms with van der Waals surface area (Å²) in [5, 5.41) is 7.14. The number of aromatic nitrogens is 3. The number of hydrogen-bond donors (Lipinski definition) is 3. The number of allylic oxidation sites excluding steroid dienone is 1. The van der Waals surface area contributed by atoms with Gasteiger partial charge in [-0.05, 0) is 37.1 Å². The summed E-state index contributed by atoms with van der Waals surface area (Å²) in [6.45, 7) is 3.30. The summed E-state index contributed by atoms with van der Waals surface area (Å²) in [4.78, 5) is 17.2. The normalized spacial score (nSPS) is 16.7. The third kappa shape index (κ3) is 5.53. The van der Waals surface area contributed by atoms with Crippen molar-refractivity contribution in [2.24, 2.45) is 10.7 Å². The molecule has 3 aromatic rings. The molecule has 0 saturated heterocycles. The Hall–Kier alpha value is -3.78. The minimum Gasteiger partial charge on any atom is -0.469 e. The standard InChI is InChI=1S/C25H29N7O.2H2/c1-17-29-12-18(13-30-17)8-9-28-24(19-6-4-3-5-7-19)23-16-31-22-10-20(15-32-25(22)33-23)21(11-26)14-27-2;;/h3-7,10-15,23-24,28,31H,8-9,16,26H2,1-2H3;2*1H/b21-11+,27-14?;;/t23-,24+;;/m0../s1. The Bertz CT molecular complexity index is 1120. The van der Waals surface area contributed by atoms with Crippen LogP contribution in [0.25, 0.3) is 5.57 Å². The van der Waals surface area contributed by atoms with Crippen LogP contribution in [0.5, 0.6) is 5.88 Å². The van der Waals surface area contributed by atoms with Gasteiger partial charge in [0.05, 0.1) is 18.3 Å². The monoisotopic (exact) mass is 447 g/mol. The van der Waals surface area contributed by atoms with Crippen molar-refractivity contribution in [3.05, 3.63) is 83.7 Å². The third-order valence-electron chi connectivity index (χ3n) is 5.53. The molecule has 4 rings (SSSR count). The molecule has 0 amide bonds. The van der Waals surface area contributed by atoms with Gasteiger partial charge in [0.15, 0.2) is 0 Å². The van der Waals surface area contributed by atoms with Gasteiger partial charge in [0, 0.05) is 52.0 Å². The minimum atomic E-state index is -0.130. The van der Waals surface area contributed by atoms with E-state index >= 15 is 0 Å². The molecule has 1 aliphatic heterocycles. The SMILES string of the molecule is CN=C/C(=C\N)c1cnc2c(c1)NC[C@@H]([C@H](NCCc1cnc(C)nc1)c1ccccc1)O2.[HH].[HH]. The number of hydrogen-bond acceptors (Lipinski definition) is 8. The van der Waals surface area contributed by atoms with Crippen LogP contribution < -0.4 is 21.1 Å². The third-order valence-corrected chi connectivity index (χ3v) is 5.53. The van der Waals surface area contributed by atoms with E-state index in [9.17, 15) is 0 Å². The van der Waals surface area contributed by atoms with Crippen LogP contribution in [-0.4, -0.2) is 47.4 Å². The Kier molecular flexibility index (Phi) is 7.26. The van der Waals surface area contributed by atoms with E-state index in [-0.39, 0.29) is 15.0 Å². The Morgan fingerprint density at radius 2 is 2.06 bits per heavy atom. The van der Waals surface area contributed by atoms with Crippen LogP contribution in [0, 0.1) is 6.92 Å². The van der Waals surface area contributed by atoms with Crippen molar-refractivity contribution >= 4 is 17.5 Å². The highest BCUT2D eigenvalue weighted by atomic mass is 16.5. The highest BCUT2D eigenvalue weighted by molar-refractivity contribution is 6.09. The maximum absolute atomic E-state index is 6.35. The first kappa shape index (κ1) is 22.4. The fourth-order valence-corrected chi connectivity index (χ4v) is 3.81. The lowest BCUT2D eigenvalue weighted by Crippen LogP contribution is -2.43. The van der Waals surface area contributed by atoms with Crippen LogP contribution in [0.15, 0.2) is 66.2 Å². The van der Waals surface area contributed by atoms with Crippen molar-refractivity contribution in [1.29, 1.82) is 0 Å². The molecule has 2 atom stereocenters. The number of aryl methyl sites for hydroxylation is 1. The van der Waals surface area contributed by atoms with Crippen LogP contribution in [0.3, 0.4) is 0 Å². The number of benzene rings is 1. The van der Waals surface area contributed by atoms with Crippen LogP contribution in [0.4, 0.5) is 5.69 Å². The van der Waals surface area contributed by atoms with Gasteiger partial charge in [-0.2, -0.15) is 0 Å². The van der Waals surface area contributed by atoms with Crippen molar-refractivity contribution in [3.8, 4) is 5.88 Å². The second kappa shape index (κ2) is 10.7. The van der Waals surface area contributed by atoms with Crippen LogP contribution in [0.1, 0.15) is 31.4 Å². The quantitative estimate of drug-likeness (QED) is 0.454. The molecule has 0 bridgehead atoms. The summed E-state index contributed by atoms with van der Waals surface area (Å²) in [5.74, 6) is 1.36. The Morgan fingerprint density at radius 1 is 1.27 bits per heavy atom. The van der Waals surface area contributed by atoms with E-state index in [0.29, 0.717) is 12.4 Å². The summed E-state index contributed by atoms with van der Waals surface area (Å²) < 4.78 is 6.35. The lowest BCUT2D eigenvalue weighted by molar-refractivity contribution is 0.150. The van der Waals surface area contributed by atoms with Gasteiger partial charge in [-0.15, -0.1) is 0 Å². The fourth-order valence-electron chi connectivity index (χ4n) is 3.81. The first-order valence-corrected chi connectivity index (χ1v) is 11.0. The Labute approximate surface area is 197 Å². The lowest BCUT2D eigenvalue weighted by atomic mass is 9.99. The molecule has 0 fully saturated rings. The van der Waals surface area contributed by atoms with Crippen LogP contribution in [-0.2, 0) is 6.42 Å². The molecule has 0 radical (unpaired) electrons. The molecule has 0 spiro atoms. The zero-order valence-corrected chi connectivity index (χ0v) is 18.9. The number of fused-ring (bicyclic) bond motifs is 1. The molecule has 3 heterocycles. The number of anilines is 1. The molecular weight excluding hydrogens is 414 g/mol. The topological polar surface area (TPSA) is 110 Å². The molecule has 0 unspecified atom stereocenters. The summed E-state index contributed by atoms with van der Waals surface area (Å²) >= 11 is 0. The molecule has 2 aromatic heterocycles. The predicted octanol–water partition coefficient (Wildman–Crippen LogP) is 3.42. The highest BCUT2D eigenvalue weighted by Crippen LogP contribution is 2.32. The molecule has 1 aliphatic rings. The molecule has 174 valence electrons. The first-order chi connectivity index (χ1) is 16.2. The minimum absolute atomic E-state index is 0. The van der Waals surface area contributed by atoms with Crippen molar-refractivity contribution in [1.82, 2.24) is 20.3 Å². The summed E-state index contributed by atoms with van der Waals surface area (Å²) in [5.41, 5.74) is 10.5. The van der Waals surface area contributed by atoms with Crippen LogP contribution >= 0.6 is 0 Å². The second-order valence-corrected chi connectivity index (χ2v) is 7.85. The number of rotatable bonds is 8. The van der Waals surface area contributed by atoms with Gasteiger partial charge in [0.1, 0.15) is 11.9 Å². The van der Waals surface area contributed by atoms with E-state index in [1.165, 1.54) is 6.20 Å². The molecule has 0 aliphatic carbocycles. The smallest absolute Gasteiger partial charge is 0.237 e. The molecule has 4 N–H and O–H groups in total. The maximum Gasteiger partial charge on any atom is 0.237 e. The fraction of sp³-hybridized carbons (Fsp3) is 0.280. The van der Waals surface area contributed by atoms with Gasteiger partial charge in [0.2, 0.25) is 5.88 Å². The van der Waals surface area contributed by atoms with Crippen molar-refractivity contribution in [2.45, 2.75) is 25.5 Å². The number of aliphatic imine (C=N–C) groups is 1. The molecule has 33 heavy (non-hydrogen) atoms. The zero-order valence-electron chi connectivity index (χ0n) is 18.9. The first-order valence-electron chi connectivity index (χ1n) is 11.0. The molecule has 8 heteroatoms. The Morgan fingerprint density at radius 3 is 2.79 bits per heavy atom. The summed E-state index contributed by atoms with van der Waals surface area (Å²) in [6, 6.07) is 12.3. The second-order valence-electron chi connectivity index (χ2n) is 7.85. The van der Waals surface area contributed by atoms with Crippen molar-refractivity contribution in [2.75, 3.05) is 25.5 Å². The van der Waals surface area contributed by atoms with Gasteiger partial charge in [-0.3, -0.25) is 4.99 Å². The average Bonchev–Trinajstić information content (AvgIpc) is 2.86. The van der Waals surface area contributed by atoms with E-state index < -0.39 is 0 Å². The van der Waals surface area contributed by atoms with Gasteiger partial charge in [-0.1, -0.05) is 30.3 Å². The van der Waals surface area contributed by atoms with Gasteiger partial charge in [0.25, 0.3) is 0 Å². The average molecular weight is 448 g/mol. The summed E-state index contributed by atoms with van der Waals surface area (Å²) in [7, 11) is 1.71. The maximum atomic E-state index is 6.35. The number of ether oxygens (including phenoxy) is 1. The Balaban J connectivity index is 0.00000216. The van der Waals surface area contributed by atoms with E-state index in [1.807, 2.05) is 43.6 Å². The van der Waals surface area contributed by atoms with E-state index in [2.05, 4.69) is 42.7 Å². The lowest BCUT2D eigenvalue weighted by Gasteiger charge is -2.33. The zero-order chi connectivity index (χ0) is 23.0. The van der Waals surface area contributed by atoms with Crippen LogP contribution in [0.2, 0.25) is 0 Å². The molecular formula is C25H33N7O. The van der Waals surface area contributed by atoms with E-state index in [0.717, 1.165) is 46.7 Å². The van der Waals surface area contributed by atoms with Gasteiger partial charge < -0.3 is 21.1 Å². The van der Waals surface area contributed by atoms with E-state index in [4.69, 9.17) is 10.5 Å². The molecule has 8 nitrogen and oxygen atoms in total. The van der Waals surface area contributed by atoms with E-state index in [1.54, 1.807) is 19.5 Å². The number of nitrogens with one attached hydrogen (secondary N) is 2. The summed E-state index contributed by atoms with van der Waals surface area (Å²) in [6.07, 6.45) is 9.45. The van der Waals surface area contributed by atoms with Crippen molar-refractivity contribution < 1.29 is 7.59 Å². The van der Waals surface area contributed by atoms with Crippen molar-refractivity contribution in [3.63, 3.8) is 0 Å². The molecule has 1 aromatic carbocycles. The number of nitrogens with two attached hydrogens (primary N) is 1. The largest absolute Gasteiger partial charge is 0.469 e. The number of nitrogens with zero attached hydrogens (tertiary/aromatic N) is 4. The predicted molar refractivity (Wildman–Crippen MR) is 136 cm³/mol.